The topological polar surface area (TPSA) is 17.0 Å². The third kappa shape index (κ3) is 3.42. The molecule has 2 aromatic heterocycles. The molecule has 0 spiro atoms. The summed E-state index contributed by atoms with van der Waals surface area (Å²) in [5.74, 6) is 1.67. The van der Waals surface area contributed by atoms with Crippen molar-refractivity contribution in [1.29, 1.82) is 0 Å². The number of fused-ring (bicyclic) bond motifs is 4. The van der Waals surface area contributed by atoms with Gasteiger partial charge in [0.1, 0.15) is 18.2 Å². The fraction of sp³-hybridized carbons (Fsp3) is 0.324. The van der Waals surface area contributed by atoms with Gasteiger partial charge in [0.05, 0.1) is 5.56 Å². The Hall–Kier alpha value is -3.39. The van der Waals surface area contributed by atoms with E-state index in [-0.39, 0.29) is 0 Å². The van der Waals surface area contributed by atoms with E-state index < -0.39 is 0 Å². The second-order valence-corrected chi connectivity index (χ2v) is 11.1. The Morgan fingerprint density at radius 1 is 0.806 bits per heavy atom. The molecule has 0 amide bonds. The molecule has 0 bridgehead atoms. The van der Waals surface area contributed by atoms with Crippen molar-refractivity contribution in [2.75, 3.05) is 0 Å². The lowest BCUT2D eigenvalue weighted by Gasteiger charge is -2.30. The number of furan rings is 1. The Morgan fingerprint density at radius 2 is 1.67 bits per heavy atom. The Balaban J connectivity index is 1.39. The Labute approximate surface area is 213 Å². The minimum absolute atomic E-state index is 0.768. The van der Waals surface area contributed by atoms with Gasteiger partial charge in [-0.2, -0.15) is 0 Å². The lowest BCUT2D eigenvalue weighted by Crippen LogP contribution is -2.30. The summed E-state index contributed by atoms with van der Waals surface area (Å²) in [4.78, 5) is 0. The number of pyridine rings is 1. The summed E-state index contributed by atoms with van der Waals surface area (Å²) in [6, 6.07) is 24.7. The lowest BCUT2D eigenvalue weighted by molar-refractivity contribution is -0.660. The standard InChI is InChI=1S/C34H34NO/c1-22-16-18-30-29-14-8-13-28(33(29)36-34(30)32(22)31-15-5-6-20-35(31)2)25-17-19-27-24(21-25)11-7-12-26(27)23-9-3-4-10-23/h5-6,8,13-21,23,26H,3-4,7,9-12H2,1-2H3/q+1. The molecule has 2 aliphatic carbocycles. The molecule has 3 aromatic carbocycles. The number of benzene rings is 3. The molecule has 0 radical (unpaired) electrons. The van der Waals surface area contributed by atoms with E-state index >= 15 is 0 Å². The van der Waals surface area contributed by atoms with E-state index in [1.54, 1.807) is 11.1 Å². The van der Waals surface area contributed by atoms with Crippen molar-refractivity contribution in [1.82, 2.24) is 0 Å². The van der Waals surface area contributed by atoms with Gasteiger partial charge in [-0.15, -0.1) is 0 Å². The second kappa shape index (κ2) is 8.62. The van der Waals surface area contributed by atoms with Crippen LogP contribution < -0.4 is 4.57 Å². The Kier molecular flexibility index (Phi) is 5.23. The van der Waals surface area contributed by atoms with Crippen LogP contribution in [0.3, 0.4) is 0 Å². The van der Waals surface area contributed by atoms with E-state index in [1.807, 2.05) is 0 Å². The van der Waals surface area contributed by atoms with Crippen LogP contribution in [0.15, 0.2) is 77.3 Å². The summed E-state index contributed by atoms with van der Waals surface area (Å²) in [7, 11) is 2.10. The first-order valence-corrected chi connectivity index (χ1v) is 13.7. The SMILES string of the molecule is Cc1ccc2c(oc3c(-c4ccc5c(c4)CCCC5C4CCCC4)cccc32)c1-c1cccc[n+]1C. The molecule has 7 rings (SSSR count). The first kappa shape index (κ1) is 21.9. The average molecular weight is 473 g/mol. The van der Waals surface area contributed by atoms with Gasteiger partial charge in [0.15, 0.2) is 6.20 Å². The first-order valence-electron chi connectivity index (χ1n) is 13.7. The molecule has 0 saturated heterocycles. The predicted molar refractivity (Wildman–Crippen MR) is 148 cm³/mol. The van der Waals surface area contributed by atoms with Gasteiger partial charge in [-0.05, 0) is 79.2 Å². The van der Waals surface area contributed by atoms with Crippen LogP contribution in [-0.2, 0) is 13.5 Å². The smallest absolute Gasteiger partial charge is 0.216 e. The third-order valence-electron chi connectivity index (χ3n) is 8.97. The molecule has 1 unspecified atom stereocenters. The molecule has 2 heteroatoms. The van der Waals surface area contributed by atoms with Crippen molar-refractivity contribution >= 4 is 21.9 Å². The van der Waals surface area contributed by atoms with Gasteiger partial charge >= 0.3 is 0 Å². The number of hydrogen-bond acceptors (Lipinski definition) is 1. The quantitative estimate of drug-likeness (QED) is 0.240. The van der Waals surface area contributed by atoms with Crippen LogP contribution in [-0.4, -0.2) is 0 Å². The van der Waals surface area contributed by atoms with Gasteiger partial charge < -0.3 is 4.42 Å². The highest BCUT2D eigenvalue weighted by molar-refractivity contribution is 6.13. The summed E-state index contributed by atoms with van der Waals surface area (Å²) in [5.41, 5.74) is 11.3. The van der Waals surface area contributed by atoms with Gasteiger partial charge in [-0.3, -0.25) is 0 Å². The van der Waals surface area contributed by atoms with E-state index in [0.29, 0.717) is 0 Å². The highest BCUT2D eigenvalue weighted by atomic mass is 16.3. The van der Waals surface area contributed by atoms with Gasteiger partial charge in [0, 0.05) is 28.5 Å². The maximum atomic E-state index is 6.79. The molecule has 0 aliphatic heterocycles. The summed E-state index contributed by atoms with van der Waals surface area (Å²) in [6.45, 7) is 2.18. The number of hydrogen-bond donors (Lipinski definition) is 0. The minimum atomic E-state index is 0.768. The monoisotopic (exact) mass is 472 g/mol. The zero-order chi connectivity index (χ0) is 24.2. The fourth-order valence-corrected chi connectivity index (χ4v) is 7.16. The molecule has 2 heterocycles. The summed E-state index contributed by atoms with van der Waals surface area (Å²) in [6.07, 6.45) is 11.7. The van der Waals surface area contributed by atoms with Crippen molar-refractivity contribution in [2.24, 2.45) is 13.0 Å². The van der Waals surface area contributed by atoms with Gasteiger partial charge in [0.25, 0.3) is 0 Å². The lowest BCUT2D eigenvalue weighted by atomic mass is 9.74. The van der Waals surface area contributed by atoms with Crippen LogP contribution >= 0.6 is 0 Å². The molecule has 2 nitrogen and oxygen atoms in total. The number of rotatable bonds is 3. The van der Waals surface area contributed by atoms with Gasteiger partial charge in [-0.1, -0.05) is 61.4 Å². The van der Waals surface area contributed by atoms with Crippen LogP contribution in [0.5, 0.6) is 0 Å². The first-order chi connectivity index (χ1) is 17.7. The van der Waals surface area contributed by atoms with Crippen molar-refractivity contribution in [3.05, 3.63) is 89.6 Å². The number of aryl methyl sites for hydroxylation is 3. The Bertz CT molecular complexity index is 1600. The molecular formula is C34H34NO+. The van der Waals surface area contributed by atoms with Crippen molar-refractivity contribution in [3.8, 4) is 22.4 Å². The van der Waals surface area contributed by atoms with Crippen molar-refractivity contribution in [3.63, 3.8) is 0 Å². The molecule has 0 N–H and O–H groups in total. The summed E-state index contributed by atoms with van der Waals surface area (Å²) in [5, 5.41) is 2.39. The summed E-state index contributed by atoms with van der Waals surface area (Å²) < 4.78 is 8.97. The van der Waals surface area contributed by atoms with Crippen LogP contribution in [0.1, 0.15) is 61.1 Å². The molecule has 1 fully saturated rings. The number of para-hydroxylation sites is 1. The average Bonchev–Trinajstić information content (AvgIpc) is 3.57. The molecule has 1 atom stereocenters. The predicted octanol–water partition coefficient (Wildman–Crippen LogP) is 8.66. The van der Waals surface area contributed by atoms with Gasteiger partial charge in [-0.25, -0.2) is 4.57 Å². The molecule has 2 aliphatic rings. The van der Waals surface area contributed by atoms with Crippen LogP contribution in [0.4, 0.5) is 0 Å². The second-order valence-electron chi connectivity index (χ2n) is 11.1. The van der Waals surface area contributed by atoms with Crippen LogP contribution in [0.2, 0.25) is 0 Å². The normalized spacial score (nSPS) is 18.2. The van der Waals surface area contributed by atoms with E-state index in [0.717, 1.165) is 23.0 Å². The van der Waals surface area contributed by atoms with E-state index in [2.05, 4.69) is 91.5 Å². The number of nitrogens with zero attached hydrogens (tertiary/aromatic N) is 1. The molecule has 1 saturated carbocycles. The highest BCUT2D eigenvalue weighted by Gasteiger charge is 2.30. The molecule has 5 aromatic rings. The highest BCUT2D eigenvalue weighted by Crippen LogP contribution is 2.46. The minimum Gasteiger partial charge on any atom is -0.454 e. The van der Waals surface area contributed by atoms with E-state index in [9.17, 15) is 0 Å². The Morgan fingerprint density at radius 3 is 2.53 bits per heavy atom. The van der Waals surface area contributed by atoms with E-state index in [4.69, 9.17) is 4.42 Å². The van der Waals surface area contributed by atoms with E-state index in [1.165, 1.54) is 83.7 Å². The molecule has 36 heavy (non-hydrogen) atoms. The fourth-order valence-electron chi connectivity index (χ4n) is 7.16. The zero-order valence-corrected chi connectivity index (χ0v) is 21.4. The van der Waals surface area contributed by atoms with Crippen molar-refractivity contribution < 1.29 is 8.98 Å². The zero-order valence-electron chi connectivity index (χ0n) is 21.4. The summed E-state index contributed by atoms with van der Waals surface area (Å²) >= 11 is 0. The maximum absolute atomic E-state index is 6.79. The van der Waals surface area contributed by atoms with Gasteiger partial charge in [0.2, 0.25) is 5.69 Å². The maximum Gasteiger partial charge on any atom is 0.216 e. The molecular weight excluding hydrogens is 438 g/mol. The van der Waals surface area contributed by atoms with Crippen LogP contribution in [0.25, 0.3) is 44.3 Å². The third-order valence-corrected chi connectivity index (χ3v) is 8.97. The molecule has 180 valence electrons. The van der Waals surface area contributed by atoms with Crippen LogP contribution in [0, 0.1) is 12.8 Å². The number of aromatic nitrogens is 1. The van der Waals surface area contributed by atoms with Crippen molar-refractivity contribution in [2.45, 2.75) is 57.8 Å². The largest absolute Gasteiger partial charge is 0.454 e.